The number of nitriles is 2. The van der Waals surface area contributed by atoms with Crippen molar-refractivity contribution in [2.24, 2.45) is 0 Å². The first-order valence-electron chi connectivity index (χ1n) is 6.06. The van der Waals surface area contributed by atoms with E-state index in [-0.39, 0.29) is 39.0 Å². The first-order chi connectivity index (χ1) is 9.05. The van der Waals surface area contributed by atoms with E-state index >= 15 is 0 Å². The van der Waals surface area contributed by atoms with Crippen LogP contribution in [0.4, 0.5) is 0 Å². The Labute approximate surface area is 114 Å². The Balaban J connectivity index is 5.49. The number of hydrogen-bond donors (Lipinski definition) is 0. The fourth-order valence-corrected chi connectivity index (χ4v) is 3.83. The van der Waals surface area contributed by atoms with Gasteiger partial charge in [-0.3, -0.25) is 4.57 Å². The molecule has 0 rings (SSSR count). The molecule has 0 bridgehead atoms. The second kappa shape index (κ2) is 8.68. The third kappa shape index (κ3) is 4.34. The van der Waals surface area contributed by atoms with Gasteiger partial charge in [-0.1, -0.05) is 0 Å². The van der Waals surface area contributed by atoms with Crippen LogP contribution in [0.5, 0.6) is 0 Å². The standard InChI is InChI=1S/C12H18N3O3P/c1-4-17-19(16,18-5-2)12(11-14,7-6-9-13)8-10-15-3/h4-8,10H2,1-2H3. The van der Waals surface area contributed by atoms with Crippen molar-refractivity contribution in [2.45, 2.75) is 38.3 Å². The van der Waals surface area contributed by atoms with Crippen LogP contribution in [0.3, 0.4) is 0 Å². The van der Waals surface area contributed by atoms with E-state index < -0.39 is 12.8 Å². The van der Waals surface area contributed by atoms with E-state index in [1.807, 2.05) is 12.1 Å². The zero-order valence-corrected chi connectivity index (χ0v) is 12.2. The zero-order valence-electron chi connectivity index (χ0n) is 11.3. The van der Waals surface area contributed by atoms with Gasteiger partial charge in [0.05, 0.1) is 31.8 Å². The van der Waals surface area contributed by atoms with Gasteiger partial charge in [0.1, 0.15) is 0 Å². The molecule has 0 radical (unpaired) electrons. The summed E-state index contributed by atoms with van der Waals surface area (Å²) in [7, 11) is -3.68. The molecule has 0 aliphatic carbocycles. The van der Waals surface area contributed by atoms with Crippen molar-refractivity contribution < 1.29 is 13.6 Å². The fourth-order valence-electron chi connectivity index (χ4n) is 1.70. The van der Waals surface area contributed by atoms with Crippen molar-refractivity contribution in [3.63, 3.8) is 0 Å². The molecule has 1 unspecified atom stereocenters. The van der Waals surface area contributed by atoms with E-state index in [9.17, 15) is 9.83 Å². The second-order valence-corrected chi connectivity index (χ2v) is 6.13. The van der Waals surface area contributed by atoms with Gasteiger partial charge in [-0.05, 0) is 20.3 Å². The molecule has 0 aliphatic heterocycles. The fraction of sp³-hybridized carbons (Fsp3) is 0.750. The summed E-state index contributed by atoms with van der Waals surface area (Å²) < 4.78 is 23.2. The molecular weight excluding hydrogens is 265 g/mol. The van der Waals surface area contributed by atoms with Crippen molar-refractivity contribution in [1.29, 1.82) is 10.5 Å². The average Bonchev–Trinajstić information content (AvgIpc) is 2.40. The van der Waals surface area contributed by atoms with Crippen molar-refractivity contribution in [3.05, 3.63) is 11.4 Å². The topological polar surface area (TPSA) is 87.5 Å². The minimum absolute atomic E-state index is 0.0448. The van der Waals surface area contributed by atoms with Gasteiger partial charge in [-0.15, -0.1) is 0 Å². The van der Waals surface area contributed by atoms with Gasteiger partial charge in [0.25, 0.3) is 0 Å². The number of rotatable bonds is 9. The van der Waals surface area contributed by atoms with Crippen LogP contribution in [0.15, 0.2) is 0 Å². The average molecular weight is 283 g/mol. The largest absolute Gasteiger partial charge is 0.351 e. The highest BCUT2D eigenvalue weighted by Gasteiger charge is 2.51. The van der Waals surface area contributed by atoms with Gasteiger partial charge in [0, 0.05) is 6.42 Å². The lowest BCUT2D eigenvalue weighted by Gasteiger charge is -2.31. The molecule has 0 saturated carbocycles. The van der Waals surface area contributed by atoms with Crippen LogP contribution in [0.1, 0.15) is 33.1 Å². The van der Waals surface area contributed by atoms with Crippen molar-refractivity contribution >= 4 is 7.60 Å². The molecule has 0 aromatic heterocycles. The van der Waals surface area contributed by atoms with Gasteiger partial charge in [0.2, 0.25) is 6.54 Å². The van der Waals surface area contributed by atoms with Crippen molar-refractivity contribution in [3.8, 4) is 12.1 Å². The van der Waals surface area contributed by atoms with Crippen molar-refractivity contribution in [2.75, 3.05) is 19.8 Å². The lowest BCUT2D eigenvalue weighted by molar-refractivity contribution is 0.200. The maximum Gasteiger partial charge on any atom is 0.351 e. The molecule has 7 heteroatoms. The Hall–Kier alpha value is -1.38. The third-order valence-corrected chi connectivity index (χ3v) is 5.41. The molecule has 0 heterocycles. The smallest absolute Gasteiger partial charge is 0.317 e. The summed E-state index contributed by atoms with van der Waals surface area (Å²) in [5.74, 6) is 0. The van der Waals surface area contributed by atoms with Crippen LogP contribution in [-0.2, 0) is 13.6 Å². The maximum atomic E-state index is 12.8. The van der Waals surface area contributed by atoms with Gasteiger partial charge in [-0.25, -0.2) is 6.57 Å². The first-order valence-corrected chi connectivity index (χ1v) is 7.60. The predicted molar refractivity (Wildman–Crippen MR) is 70.1 cm³/mol. The first kappa shape index (κ1) is 17.6. The summed E-state index contributed by atoms with van der Waals surface area (Å²) in [6.45, 7) is 10.5. The third-order valence-electron chi connectivity index (χ3n) is 2.62. The summed E-state index contributed by atoms with van der Waals surface area (Å²) in [5, 5.41) is 16.7. The van der Waals surface area contributed by atoms with E-state index in [1.54, 1.807) is 13.8 Å². The highest BCUT2D eigenvalue weighted by atomic mass is 31.2. The van der Waals surface area contributed by atoms with E-state index in [4.69, 9.17) is 20.9 Å². The molecule has 1 atom stereocenters. The zero-order chi connectivity index (χ0) is 14.8. The Bertz CT molecular complexity index is 417. The predicted octanol–water partition coefficient (Wildman–Crippen LogP) is 3.13. The molecule has 6 nitrogen and oxygen atoms in total. The molecule has 0 aromatic rings. The van der Waals surface area contributed by atoms with E-state index in [0.29, 0.717) is 0 Å². The molecule has 0 fully saturated rings. The van der Waals surface area contributed by atoms with Crippen LogP contribution in [0.2, 0.25) is 0 Å². The lowest BCUT2D eigenvalue weighted by atomic mass is 10.0. The van der Waals surface area contributed by atoms with Gasteiger partial charge >= 0.3 is 7.60 Å². The summed E-state index contributed by atoms with van der Waals surface area (Å²) in [6, 6.07) is 3.92. The number of hydrogen-bond acceptors (Lipinski definition) is 5. The molecular formula is C12H18N3O3P. The normalized spacial score (nSPS) is 13.8. The second-order valence-electron chi connectivity index (χ2n) is 3.77. The monoisotopic (exact) mass is 283 g/mol. The highest BCUT2D eigenvalue weighted by Crippen LogP contribution is 2.63. The van der Waals surface area contributed by atoms with Crippen LogP contribution < -0.4 is 0 Å². The van der Waals surface area contributed by atoms with Crippen LogP contribution >= 0.6 is 7.60 Å². The Morgan fingerprint density at radius 1 is 1.26 bits per heavy atom. The Kier molecular flexibility index (Phi) is 8.05. The minimum atomic E-state index is -3.68. The molecule has 19 heavy (non-hydrogen) atoms. The minimum Gasteiger partial charge on any atom is -0.317 e. The molecule has 0 aromatic carbocycles. The molecule has 0 saturated heterocycles. The summed E-state index contributed by atoms with van der Waals surface area (Å²) >= 11 is 0. The van der Waals surface area contributed by atoms with E-state index in [1.165, 1.54) is 0 Å². The van der Waals surface area contributed by atoms with Gasteiger partial charge in [-0.2, -0.15) is 10.5 Å². The maximum absolute atomic E-state index is 12.8. The molecule has 0 N–H and O–H groups in total. The lowest BCUT2D eigenvalue weighted by Crippen LogP contribution is -2.30. The van der Waals surface area contributed by atoms with Crippen molar-refractivity contribution in [1.82, 2.24) is 0 Å². The Morgan fingerprint density at radius 2 is 1.84 bits per heavy atom. The Morgan fingerprint density at radius 3 is 2.21 bits per heavy atom. The van der Waals surface area contributed by atoms with Crippen LogP contribution in [0, 0.1) is 29.2 Å². The quantitative estimate of drug-likeness (QED) is 0.479. The van der Waals surface area contributed by atoms with Gasteiger partial charge in [0.15, 0.2) is 5.16 Å². The summed E-state index contributed by atoms with van der Waals surface area (Å²) in [6.07, 6.45) is 0.217. The summed E-state index contributed by atoms with van der Waals surface area (Å²) in [4.78, 5) is 3.19. The van der Waals surface area contributed by atoms with E-state index in [0.717, 1.165) is 0 Å². The summed E-state index contributed by atoms with van der Waals surface area (Å²) in [5.41, 5.74) is 0. The van der Waals surface area contributed by atoms with Gasteiger partial charge < -0.3 is 13.9 Å². The molecule has 0 spiro atoms. The SMILES string of the molecule is [C-]#[N+]CCC(C#N)(CCC#N)P(=O)(OCC)OCC. The highest BCUT2D eigenvalue weighted by molar-refractivity contribution is 7.56. The van der Waals surface area contributed by atoms with E-state index in [2.05, 4.69) is 4.85 Å². The van der Waals surface area contributed by atoms with Crippen LogP contribution in [0.25, 0.3) is 4.85 Å². The molecule has 0 amide bonds. The molecule has 104 valence electrons. The number of nitrogens with zero attached hydrogens (tertiary/aromatic N) is 3. The molecule has 0 aliphatic rings. The van der Waals surface area contributed by atoms with Crippen LogP contribution in [-0.4, -0.2) is 24.9 Å².